The van der Waals surface area contributed by atoms with Crippen molar-refractivity contribution in [2.45, 2.75) is 25.0 Å². The van der Waals surface area contributed by atoms with E-state index in [9.17, 15) is 13.6 Å². The van der Waals surface area contributed by atoms with E-state index in [4.69, 9.17) is 0 Å². The molecule has 0 aliphatic heterocycles. The Hall–Kier alpha value is -2.26. The van der Waals surface area contributed by atoms with Crippen LogP contribution in [0.3, 0.4) is 0 Å². The van der Waals surface area contributed by atoms with Gasteiger partial charge >= 0.3 is 0 Å². The zero-order chi connectivity index (χ0) is 18.7. The topological polar surface area (TPSA) is 59.8 Å². The Morgan fingerprint density at radius 3 is 2.77 bits per heavy atom. The maximum Gasteiger partial charge on any atom is 0.234 e. The van der Waals surface area contributed by atoms with Crippen LogP contribution >= 0.6 is 23.1 Å². The fourth-order valence-corrected chi connectivity index (χ4v) is 3.89. The molecule has 1 aromatic carbocycles. The first-order chi connectivity index (χ1) is 12.5. The van der Waals surface area contributed by atoms with Crippen molar-refractivity contribution in [2.24, 2.45) is 0 Å². The van der Waals surface area contributed by atoms with Crippen molar-refractivity contribution in [3.05, 3.63) is 47.3 Å². The highest BCUT2D eigenvalue weighted by molar-refractivity contribution is 7.99. The highest BCUT2D eigenvalue weighted by Crippen LogP contribution is 2.30. The number of nitrogens with zero attached hydrogens (tertiary/aromatic N) is 3. The van der Waals surface area contributed by atoms with Gasteiger partial charge in [0.05, 0.1) is 16.3 Å². The van der Waals surface area contributed by atoms with E-state index >= 15 is 0 Å². The fourth-order valence-electron chi connectivity index (χ4n) is 2.32. The van der Waals surface area contributed by atoms with Crippen molar-refractivity contribution >= 4 is 34.7 Å². The van der Waals surface area contributed by atoms with Crippen LogP contribution < -0.4 is 5.32 Å². The SMILES string of the molecule is CC(C)n1c(SCC(=O)Nc2ccc(F)cc2F)nnc1-c1cccs1. The van der Waals surface area contributed by atoms with Gasteiger partial charge in [-0.2, -0.15) is 0 Å². The van der Waals surface area contributed by atoms with Gasteiger partial charge in [0.15, 0.2) is 11.0 Å². The van der Waals surface area contributed by atoms with Crippen molar-refractivity contribution in [1.29, 1.82) is 0 Å². The molecule has 2 heterocycles. The minimum absolute atomic E-state index is 0.0338. The summed E-state index contributed by atoms with van der Waals surface area (Å²) in [6.45, 7) is 4.02. The highest BCUT2D eigenvalue weighted by Gasteiger charge is 2.18. The summed E-state index contributed by atoms with van der Waals surface area (Å²) in [6, 6.07) is 7.03. The second-order valence-corrected chi connectivity index (χ2v) is 7.60. The number of thioether (sulfide) groups is 1. The second kappa shape index (κ2) is 7.96. The van der Waals surface area contributed by atoms with E-state index in [0.29, 0.717) is 5.16 Å². The molecule has 136 valence electrons. The maximum absolute atomic E-state index is 13.6. The number of rotatable bonds is 6. The average Bonchev–Trinajstić information content (AvgIpc) is 3.24. The highest BCUT2D eigenvalue weighted by atomic mass is 32.2. The molecule has 0 unspecified atom stereocenters. The van der Waals surface area contributed by atoms with Crippen LogP contribution in [0.4, 0.5) is 14.5 Å². The summed E-state index contributed by atoms with van der Waals surface area (Å²) < 4.78 is 28.5. The standard InChI is InChI=1S/C17H16F2N4OS2/c1-10(2)23-16(14-4-3-7-25-14)21-22-17(23)26-9-15(24)20-13-6-5-11(18)8-12(13)19/h3-8,10H,9H2,1-2H3,(H,20,24). The van der Waals surface area contributed by atoms with E-state index in [-0.39, 0.29) is 17.5 Å². The zero-order valence-corrected chi connectivity index (χ0v) is 15.7. The van der Waals surface area contributed by atoms with Crippen LogP contribution in [0, 0.1) is 11.6 Å². The van der Waals surface area contributed by atoms with Crippen LogP contribution in [0.25, 0.3) is 10.7 Å². The Morgan fingerprint density at radius 2 is 2.12 bits per heavy atom. The molecule has 9 heteroatoms. The normalized spacial score (nSPS) is 11.1. The minimum Gasteiger partial charge on any atom is -0.323 e. The number of carbonyl (C=O) groups excluding carboxylic acids is 1. The number of anilines is 1. The molecule has 0 spiro atoms. The molecular formula is C17H16F2N4OS2. The van der Waals surface area contributed by atoms with E-state index in [1.807, 2.05) is 35.9 Å². The van der Waals surface area contributed by atoms with Crippen LogP contribution in [0.15, 0.2) is 40.9 Å². The Labute approximate surface area is 157 Å². The van der Waals surface area contributed by atoms with Gasteiger partial charge in [0, 0.05) is 12.1 Å². The molecule has 5 nitrogen and oxygen atoms in total. The molecule has 1 amide bonds. The lowest BCUT2D eigenvalue weighted by Gasteiger charge is -2.13. The van der Waals surface area contributed by atoms with E-state index in [0.717, 1.165) is 22.8 Å². The molecule has 1 N–H and O–H groups in total. The van der Waals surface area contributed by atoms with Gasteiger partial charge in [-0.15, -0.1) is 21.5 Å². The number of hydrogen-bond donors (Lipinski definition) is 1. The van der Waals surface area contributed by atoms with Gasteiger partial charge in [0.2, 0.25) is 5.91 Å². The van der Waals surface area contributed by atoms with Crippen molar-refractivity contribution in [1.82, 2.24) is 14.8 Å². The number of thiophene rings is 1. The Balaban J connectivity index is 1.70. The summed E-state index contributed by atoms with van der Waals surface area (Å²) >= 11 is 2.78. The summed E-state index contributed by atoms with van der Waals surface area (Å²) in [6.07, 6.45) is 0. The number of carbonyl (C=O) groups is 1. The molecule has 0 bridgehead atoms. The van der Waals surface area contributed by atoms with Crippen molar-refractivity contribution in [3.63, 3.8) is 0 Å². The van der Waals surface area contributed by atoms with Crippen LogP contribution in [-0.4, -0.2) is 26.4 Å². The van der Waals surface area contributed by atoms with Crippen molar-refractivity contribution < 1.29 is 13.6 Å². The number of halogens is 2. The van der Waals surface area contributed by atoms with Gasteiger partial charge in [-0.1, -0.05) is 17.8 Å². The first kappa shape index (κ1) is 18.5. The Morgan fingerprint density at radius 1 is 1.31 bits per heavy atom. The lowest BCUT2D eigenvalue weighted by Crippen LogP contribution is -2.16. The fraction of sp³-hybridized carbons (Fsp3) is 0.235. The zero-order valence-electron chi connectivity index (χ0n) is 14.1. The summed E-state index contributed by atoms with van der Waals surface area (Å²) in [5, 5.41) is 13.4. The molecule has 0 saturated heterocycles. The molecule has 3 rings (SSSR count). The van der Waals surface area contributed by atoms with Gasteiger partial charge in [0.25, 0.3) is 0 Å². The molecule has 0 atom stereocenters. The first-order valence-corrected chi connectivity index (χ1v) is 9.68. The van der Waals surface area contributed by atoms with Gasteiger partial charge < -0.3 is 5.32 Å². The molecule has 26 heavy (non-hydrogen) atoms. The molecule has 0 saturated carbocycles. The monoisotopic (exact) mass is 394 g/mol. The number of amides is 1. The molecule has 0 fully saturated rings. The van der Waals surface area contributed by atoms with Crippen LogP contribution in [0.2, 0.25) is 0 Å². The van der Waals surface area contributed by atoms with Gasteiger partial charge in [0.1, 0.15) is 11.6 Å². The molecular weight excluding hydrogens is 378 g/mol. The molecule has 3 aromatic rings. The quantitative estimate of drug-likeness (QED) is 0.621. The average molecular weight is 394 g/mol. The predicted octanol–water partition coefficient (Wildman–Crippen LogP) is 4.60. The summed E-state index contributed by atoms with van der Waals surface area (Å²) in [5.41, 5.74) is -0.0541. The largest absolute Gasteiger partial charge is 0.323 e. The second-order valence-electron chi connectivity index (χ2n) is 5.71. The summed E-state index contributed by atoms with van der Waals surface area (Å²) in [7, 11) is 0. The smallest absolute Gasteiger partial charge is 0.234 e. The molecule has 0 aliphatic rings. The lowest BCUT2D eigenvalue weighted by atomic mass is 10.3. The van der Waals surface area contributed by atoms with Crippen LogP contribution in [0.5, 0.6) is 0 Å². The van der Waals surface area contributed by atoms with E-state index in [1.54, 1.807) is 11.3 Å². The third kappa shape index (κ3) is 4.10. The Bertz CT molecular complexity index is 910. The number of benzene rings is 1. The number of hydrogen-bond acceptors (Lipinski definition) is 5. The molecule has 2 aromatic heterocycles. The maximum atomic E-state index is 13.6. The van der Waals surface area contributed by atoms with E-state index in [2.05, 4.69) is 15.5 Å². The first-order valence-electron chi connectivity index (χ1n) is 7.82. The van der Waals surface area contributed by atoms with Gasteiger partial charge in [-0.3, -0.25) is 9.36 Å². The van der Waals surface area contributed by atoms with Crippen molar-refractivity contribution in [2.75, 3.05) is 11.1 Å². The van der Waals surface area contributed by atoms with E-state index in [1.165, 1.54) is 17.8 Å². The van der Waals surface area contributed by atoms with E-state index < -0.39 is 17.5 Å². The number of aromatic nitrogens is 3. The van der Waals surface area contributed by atoms with Crippen molar-refractivity contribution in [3.8, 4) is 10.7 Å². The summed E-state index contributed by atoms with van der Waals surface area (Å²) in [4.78, 5) is 13.1. The van der Waals surface area contributed by atoms with Crippen LogP contribution in [0.1, 0.15) is 19.9 Å². The summed E-state index contributed by atoms with van der Waals surface area (Å²) in [5.74, 6) is -1.12. The Kier molecular flexibility index (Phi) is 5.67. The molecule has 0 radical (unpaired) electrons. The minimum atomic E-state index is -0.811. The number of nitrogens with one attached hydrogen (secondary N) is 1. The predicted molar refractivity (Wildman–Crippen MR) is 99.4 cm³/mol. The van der Waals surface area contributed by atoms with Crippen LogP contribution in [-0.2, 0) is 4.79 Å². The third-order valence-electron chi connectivity index (χ3n) is 3.46. The van der Waals surface area contributed by atoms with Gasteiger partial charge in [-0.05, 0) is 37.4 Å². The third-order valence-corrected chi connectivity index (χ3v) is 5.27. The lowest BCUT2D eigenvalue weighted by molar-refractivity contribution is -0.113. The van der Waals surface area contributed by atoms with Gasteiger partial charge in [-0.25, -0.2) is 8.78 Å². The molecule has 0 aliphatic carbocycles.